The molecule has 34 heavy (non-hydrogen) atoms. The molecule has 0 unspecified atom stereocenters. The molecule has 9 N–H and O–H groups in total. The van der Waals surface area contributed by atoms with E-state index >= 15 is 0 Å². The topological polar surface area (TPSA) is 247 Å². The van der Waals surface area contributed by atoms with Crippen molar-refractivity contribution in [1.29, 1.82) is 0 Å². The van der Waals surface area contributed by atoms with E-state index in [4.69, 9.17) is 20.3 Å². The van der Waals surface area contributed by atoms with Crippen LogP contribution >= 0.6 is 0 Å². The van der Waals surface area contributed by atoms with Gasteiger partial charge in [0.25, 0.3) is 0 Å². The molecule has 0 bridgehead atoms. The first-order valence-corrected chi connectivity index (χ1v) is 10.4. The molecule has 0 aromatic carbocycles. The average molecular weight is 492 g/mol. The SMILES string of the molecule is CC(=O)N[C@@H]1[C@@H](O[C@H](C)C(=O)N[C@@H](C)C(=O)N[C@H](CCC(N)=O)C(=O)O)[C@H](O)[C@@H](CO)O[C@@H]1O. The first-order chi connectivity index (χ1) is 15.8. The number of amides is 4. The normalized spacial score (nSPS) is 27.1. The molecule has 15 nitrogen and oxygen atoms in total. The molecule has 4 amide bonds. The number of aliphatic hydroxyl groups is 3. The van der Waals surface area contributed by atoms with Gasteiger partial charge in [0.1, 0.15) is 42.5 Å². The maximum Gasteiger partial charge on any atom is 0.326 e. The van der Waals surface area contributed by atoms with Crippen LogP contribution in [0.1, 0.15) is 33.6 Å². The summed E-state index contributed by atoms with van der Waals surface area (Å²) in [6, 6.07) is -3.89. The zero-order chi connectivity index (χ0) is 26.2. The van der Waals surface area contributed by atoms with Gasteiger partial charge < -0.3 is 51.6 Å². The van der Waals surface area contributed by atoms with Crippen molar-refractivity contribution < 1.29 is 53.9 Å². The third-order valence-corrected chi connectivity index (χ3v) is 5.02. The number of hydrogen-bond donors (Lipinski definition) is 8. The number of nitrogens with two attached hydrogens (primary N) is 1. The van der Waals surface area contributed by atoms with Gasteiger partial charge in [-0.2, -0.15) is 0 Å². The Bertz CT molecular complexity index is 765. The van der Waals surface area contributed by atoms with Crippen LogP contribution < -0.4 is 21.7 Å². The second-order valence-electron chi connectivity index (χ2n) is 7.84. The molecular formula is C19H32N4O11. The lowest BCUT2D eigenvalue weighted by molar-refractivity contribution is -0.266. The first kappa shape index (κ1) is 29.2. The molecule has 194 valence electrons. The lowest BCUT2D eigenvalue weighted by Gasteiger charge is -2.43. The average Bonchev–Trinajstić information content (AvgIpc) is 2.74. The van der Waals surface area contributed by atoms with Crippen molar-refractivity contribution in [2.24, 2.45) is 5.73 Å². The van der Waals surface area contributed by atoms with E-state index in [0.717, 1.165) is 6.92 Å². The molecule has 1 fully saturated rings. The molecule has 0 radical (unpaired) electrons. The van der Waals surface area contributed by atoms with Gasteiger partial charge in [-0.05, 0) is 20.3 Å². The molecule has 0 spiro atoms. The summed E-state index contributed by atoms with van der Waals surface area (Å²) in [6.45, 7) is 3.03. The number of carbonyl (C=O) groups is 5. The Morgan fingerprint density at radius 3 is 2.21 bits per heavy atom. The number of nitrogens with one attached hydrogen (secondary N) is 3. The summed E-state index contributed by atoms with van der Waals surface area (Å²) in [5, 5.41) is 45.9. The first-order valence-electron chi connectivity index (χ1n) is 10.4. The predicted octanol–water partition coefficient (Wildman–Crippen LogP) is -4.33. The van der Waals surface area contributed by atoms with Crippen LogP contribution in [0.2, 0.25) is 0 Å². The maximum absolute atomic E-state index is 12.5. The van der Waals surface area contributed by atoms with E-state index < -0.39 is 85.0 Å². The zero-order valence-corrected chi connectivity index (χ0v) is 19.0. The van der Waals surface area contributed by atoms with Gasteiger partial charge in [-0.1, -0.05) is 0 Å². The Hall–Kier alpha value is -2.85. The number of aliphatic hydroxyl groups excluding tert-OH is 3. The molecular weight excluding hydrogens is 460 g/mol. The quantitative estimate of drug-likeness (QED) is 0.129. The Kier molecular flexibility index (Phi) is 11.3. The summed E-state index contributed by atoms with van der Waals surface area (Å²) < 4.78 is 10.6. The van der Waals surface area contributed by atoms with Gasteiger partial charge in [0.15, 0.2) is 6.29 Å². The van der Waals surface area contributed by atoms with Crippen LogP contribution in [0.3, 0.4) is 0 Å². The summed E-state index contributed by atoms with van der Waals surface area (Å²) in [6.07, 6.45) is -7.62. The molecule has 1 saturated heterocycles. The highest BCUT2D eigenvalue weighted by molar-refractivity contribution is 5.91. The summed E-state index contributed by atoms with van der Waals surface area (Å²) >= 11 is 0. The fourth-order valence-corrected chi connectivity index (χ4v) is 3.17. The van der Waals surface area contributed by atoms with Crippen LogP contribution in [-0.4, -0.2) is 105 Å². The summed E-state index contributed by atoms with van der Waals surface area (Å²) in [7, 11) is 0. The standard InChI is InChI=1S/C19H32N4O11/c1-7(16(28)23-10(18(30)31)4-5-12(20)26)21-17(29)8(2)33-15-13(22-9(3)25)19(32)34-11(6-24)14(15)27/h7-8,10-11,13-15,19,24,27,32H,4-6H2,1-3H3,(H2,20,26)(H,21,29)(H,22,25)(H,23,28)(H,30,31)/t7-,8+,10+,11+,13+,14+,15+,19-/m0/s1. The Labute approximate surface area is 195 Å². The second kappa shape index (κ2) is 13.1. The number of aliphatic carboxylic acids is 1. The van der Waals surface area contributed by atoms with Crippen LogP contribution in [0.25, 0.3) is 0 Å². The second-order valence-corrected chi connectivity index (χ2v) is 7.84. The van der Waals surface area contributed by atoms with Crippen molar-refractivity contribution in [3.63, 3.8) is 0 Å². The van der Waals surface area contributed by atoms with Gasteiger partial charge in [-0.3, -0.25) is 19.2 Å². The summed E-state index contributed by atoms with van der Waals surface area (Å²) in [5.41, 5.74) is 4.99. The Morgan fingerprint density at radius 1 is 1.09 bits per heavy atom. The van der Waals surface area contributed by atoms with Crippen LogP contribution in [0.4, 0.5) is 0 Å². The van der Waals surface area contributed by atoms with Crippen molar-refractivity contribution in [1.82, 2.24) is 16.0 Å². The number of carbonyl (C=O) groups excluding carboxylic acids is 4. The van der Waals surface area contributed by atoms with Gasteiger partial charge in [0.2, 0.25) is 23.6 Å². The monoisotopic (exact) mass is 492 g/mol. The van der Waals surface area contributed by atoms with Crippen molar-refractivity contribution in [3.05, 3.63) is 0 Å². The van der Waals surface area contributed by atoms with Crippen molar-refractivity contribution >= 4 is 29.6 Å². The molecule has 1 heterocycles. The van der Waals surface area contributed by atoms with Gasteiger partial charge in [0.05, 0.1) is 6.61 Å². The van der Waals surface area contributed by atoms with E-state index in [1.165, 1.54) is 13.8 Å². The molecule has 0 aromatic rings. The molecule has 1 aliphatic rings. The minimum atomic E-state index is -1.65. The maximum atomic E-state index is 12.5. The number of primary amides is 1. The van der Waals surface area contributed by atoms with E-state index in [1.54, 1.807) is 0 Å². The fraction of sp³-hybridized carbons (Fsp3) is 0.737. The molecule has 15 heteroatoms. The van der Waals surface area contributed by atoms with E-state index in [2.05, 4.69) is 16.0 Å². The van der Waals surface area contributed by atoms with E-state index in [9.17, 15) is 39.3 Å². The predicted molar refractivity (Wildman–Crippen MR) is 112 cm³/mol. The summed E-state index contributed by atoms with van der Waals surface area (Å²) in [4.78, 5) is 58.4. The number of carboxylic acids is 1. The molecule has 8 atom stereocenters. The molecule has 0 aliphatic carbocycles. The smallest absolute Gasteiger partial charge is 0.326 e. The van der Waals surface area contributed by atoms with Crippen LogP contribution in [0.5, 0.6) is 0 Å². The van der Waals surface area contributed by atoms with Crippen LogP contribution in [-0.2, 0) is 33.4 Å². The highest BCUT2D eigenvalue weighted by Crippen LogP contribution is 2.23. The Balaban J connectivity index is 2.80. The van der Waals surface area contributed by atoms with Gasteiger partial charge in [0, 0.05) is 13.3 Å². The van der Waals surface area contributed by atoms with Gasteiger partial charge in [-0.15, -0.1) is 0 Å². The van der Waals surface area contributed by atoms with Crippen molar-refractivity contribution in [3.8, 4) is 0 Å². The fourth-order valence-electron chi connectivity index (χ4n) is 3.17. The van der Waals surface area contributed by atoms with Gasteiger partial charge in [-0.25, -0.2) is 4.79 Å². The number of hydrogen-bond acceptors (Lipinski definition) is 10. The van der Waals surface area contributed by atoms with E-state index in [1.807, 2.05) is 0 Å². The molecule has 1 aliphatic heterocycles. The molecule has 1 rings (SSSR count). The largest absolute Gasteiger partial charge is 0.480 e. The highest BCUT2D eigenvalue weighted by Gasteiger charge is 2.47. The third kappa shape index (κ3) is 8.49. The van der Waals surface area contributed by atoms with Crippen LogP contribution in [0, 0.1) is 0 Å². The number of carboxylic acid groups (broad SMARTS) is 1. The van der Waals surface area contributed by atoms with Gasteiger partial charge >= 0.3 is 5.97 Å². The lowest BCUT2D eigenvalue weighted by Crippen LogP contribution is -2.65. The molecule has 0 saturated carbocycles. The third-order valence-electron chi connectivity index (χ3n) is 5.02. The Morgan fingerprint density at radius 2 is 1.71 bits per heavy atom. The van der Waals surface area contributed by atoms with Crippen molar-refractivity contribution in [2.75, 3.05) is 6.61 Å². The zero-order valence-electron chi connectivity index (χ0n) is 19.0. The highest BCUT2D eigenvalue weighted by atomic mass is 16.6. The summed E-state index contributed by atoms with van der Waals surface area (Å²) in [5.74, 6) is -4.39. The van der Waals surface area contributed by atoms with E-state index in [0.29, 0.717) is 0 Å². The minimum Gasteiger partial charge on any atom is -0.480 e. The minimum absolute atomic E-state index is 0.239. The van der Waals surface area contributed by atoms with E-state index in [-0.39, 0.29) is 12.8 Å². The number of ether oxygens (including phenoxy) is 2. The number of rotatable bonds is 12. The van der Waals surface area contributed by atoms with Crippen LogP contribution in [0.15, 0.2) is 0 Å². The lowest BCUT2D eigenvalue weighted by atomic mass is 9.96. The molecule has 0 aromatic heterocycles. The van der Waals surface area contributed by atoms with Crippen molar-refractivity contribution in [2.45, 2.75) is 82.4 Å².